The van der Waals surface area contributed by atoms with Gasteiger partial charge < -0.3 is 4.74 Å². The number of amides is 4. The normalized spacial score (nSPS) is 15.3. The summed E-state index contributed by atoms with van der Waals surface area (Å²) in [5.74, 6) is -1.25. The van der Waals surface area contributed by atoms with E-state index in [4.69, 9.17) is 4.74 Å². The van der Waals surface area contributed by atoms with Gasteiger partial charge in [-0.2, -0.15) is 0 Å². The summed E-state index contributed by atoms with van der Waals surface area (Å²) in [6, 6.07) is 17.4. The van der Waals surface area contributed by atoms with E-state index in [9.17, 15) is 18.8 Å². The summed E-state index contributed by atoms with van der Waals surface area (Å²) in [6.45, 7) is 6.44. The van der Waals surface area contributed by atoms with E-state index in [0.717, 1.165) is 16.0 Å². The second kappa shape index (κ2) is 10.1. The van der Waals surface area contributed by atoms with E-state index in [2.05, 4.69) is 42.0 Å². The molecule has 0 aromatic heterocycles. The van der Waals surface area contributed by atoms with E-state index >= 15 is 0 Å². The number of nitrogens with one attached hydrogen (secondary N) is 1. The van der Waals surface area contributed by atoms with Crippen LogP contribution in [0.3, 0.4) is 0 Å². The average Bonchev–Trinajstić information content (AvgIpc) is 2.82. The summed E-state index contributed by atoms with van der Waals surface area (Å²) in [4.78, 5) is 39.1. The van der Waals surface area contributed by atoms with Crippen molar-refractivity contribution in [2.75, 3.05) is 4.90 Å². The lowest BCUT2D eigenvalue weighted by Crippen LogP contribution is -2.54. The lowest BCUT2D eigenvalue weighted by Gasteiger charge is -2.27. The number of benzene rings is 3. The number of imide groups is 2. The summed E-state index contributed by atoms with van der Waals surface area (Å²) in [7, 11) is 0. The predicted octanol–water partition coefficient (Wildman–Crippen LogP) is 6.13. The molecule has 1 fully saturated rings. The van der Waals surface area contributed by atoms with E-state index in [1.54, 1.807) is 42.5 Å². The van der Waals surface area contributed by atoms with Crippen LogP contribution in [-0.4, -0.2) is 17.8 Å². The number of urea groups is 1. The maximum absolute atomic E-state index is 13.2. The van der Waals surface area contributed by atoms with Gasteiger partial charge in [0.15, 0.2) is 0 Å². The molecule has 3 aromatic rings. The molecule has 1 aliphatic rings. The molecule has 0 saturated carbocycles. The first-order chi connectivity index (χ1) is 17.0. The van der Waals surface area contributed by atoms with Gasteiger partial charge in [-0.1, -0.05) is 51.1 Å². The molecule has 1 saturated heterocycles. The molecule has 8 heteroatoms. The topological polar surface area (TPSA) is 75.7 Å². The first-order valence-corrected chi connectivity index (χ1v) is 12.0. The van der Waals surface area contributed by atoms with Crippen molar-refractivity contribution in [3.05, 3.63) is 99.3 Å². The van der Waals surface area contributed by atoms with Crippen molar-refractivity contribution in [1.82, 2.24) is 5.32 Å². The third kappa shape index (κ3) is 5.54. The molecule has 0 aliphatic carbocycles. The Labute approximate surface area is 216 Å². The highest BCUT2D eigenvalue weighted by molar-refractivity contribution is 9.10. The van der Waals surface area contributed by atoms with Gasteiger partial charge >= 0.3 is 6.03 Å². The van der Waals surface area contributed by atoms with Crippen LogP contribution in [0.4, 0.5) is 14.9 Å². The maximum Gasteiger partial charge on any atom is 0.335 e. The number of halogens is 2. The Morgan fingerprint density at radius 1 is 0.972 bits per heavy atom. The first-order valence-electron chi connectivity index (χ1n) is 11.2. The Bertz CT molecular complexity index is 1360. The average molecular weight is 551 g/mol. The van der Waals surface area contributed by atoms with Crippen molar-refractivity contribution >= 4 is 45.5 Å². The minimum atomic E-state index is -0.795. The molecule has 1 heterocycles. The number of ether oxygens (including phenoxy) is 1. The van der Waals surface area contributed by atoms with E-state index in [1.807, 2.05) is 12.1 Å². The fourth-order valence-corrected chi connectivity index (χ4v) is 4.15. The van der Waals surface area contributed by atoms with Crippen LogP contribution in [0, 0.1) is 5.82 Å². The Balaban J connectivity index is 1.55. The summed E-state index contributed by atoms with van der Waals surface area (Å²) in [5, 5.41) is 2.24. The minimum Gasteiger partial charge on any atom is -0.488 e. The first kappa shape index (κ1) is 25.3. The van der Waals surface area contributed by atoms with Crippen LogP contribution in [0.15, 0.2) is 76.8 Å². The zero-order valence-electron chi connectivity index (χ0n) is 20.0. The van der Waals surface area contributed by atoms with Gasteiger partial charge in [-0.05, 0) is 80.5 Å². The van der Waals surface area contributed by atoms with Gasteiger partial charge in [-0.25, -0.2) is 14.1 Å². The van der Waals surface area contributed by atoms with Crippen LogP contribution in [-0.2, 0) is 21.6 Å². The van der Waals surface area contributed by atoms with Gasteiger partial charge in [0, 0.05) is 0 Å². The standard InChI is InChI=1S/C28H24BrFN2O4/c1-28(2,3)19-7-11-21(12-8-19)32-26(34)22(25(33)31-27(32)35)14-18-6-13-24(23(29)15-18)36-16-17-4-9-20(30)10-5-17/h4-15H,16H2,1-3H3,(H,31,33,35)/b22-14-. The zero-order chi connectivity index (χ0) is 26.0. The lowest BCUT2D eigenvalue weighted by molar-refractivity contribution is -0.122. The molecule has 1 N–H and O–H groups in total. The van der Waals surface area contributed by atoms with Crippen LogP contribution in [0.25, 0.3) is 6.08 Å². The number of anilines is 1. The third-order valence-electron chi connectivity index (χ3n) is 5.67. The van der Waals surface area contributed by atoms with Crippen LogP contribution >= 0.6 is 15.9 Å². The molecule has 3 aromatic carbocycles. The second-order valence-electron chi connectivity index (χ2n) is 9.36. The minimum absolute atomic E-state index is 0.0873. The SMILES string of the molecule is CC(C)(C)c1ccc(N2C(=O)NC(=O)/C(=C/c3ccc(OCc4ccc(F)cc4)c(Br)c3)C2=O)cc1. The predicted molar refractivity (Wildman–Crippen MR) is 139 cm³/mol. The molecule has 6 nitrogen and oxygen atoms in total. The second-order valence-corrected chi connectivity index (χ2v) is 10.2. The number of carbonyl (C=O) groups excluding carboxylic acids is 3. The number of hydrogen-bond donors (Lipinski definition) is 1. The van der Waals surface area contributed by atoms with Crippen molar-refractivity contribution < 1.29 is 23.5 Å². The highest BCUT2D eigenvalue weighted by Crippen LogP contribution is 2.30. The fraction of sp³-hybridized carbons (Fsp3) is 0.179. The van der Waals surface area contributed by atoms with E-state index < -0.39 is 17.8 Å². The van der Waals surface area contributed by atoms with Gasteiger partial charge in [-0.3, -0.25) is 14.9 Å². The van der Waals surface area contributed by atoms with Crippen LogP contribution < -0.4 is 15.0 Å². The van der Waals surface area contributed by atoms with Gasteiger partial charge in [0.2, 0.25) is 0 Å². The van der Waals surface area contributed by atoms with Crippen molar-refractivity contribution in [2.24, 2.45) is 0 Å². The number of barbiturate groups is 1. The molecule has 1 aliphatic heterocycles. The monoisotopic (exact) mass is 550 g/mol. The number of rotatable bonds is 5. The fourth-order valence-electron chi connectivity index (χ4n) is 3.63. The zero-order valence-corrected chi connectivity index (χ0v) is 21.6. The number of hydrogen-bond acceptors (Lipinski definition) is 4. The molecule has 0 bridgehead atoms. The van der Waals surface area contributed by atoms with E-state index in [0.29, 0.717) is 21.5 Å². The van der Waals surface area contributed by atoms with Crippen LogP contribution in [0.2, 0.25) is 0 Å². The van der Waals surface area contributed by atoms with E-state index in [-0.39, 0.29) is 23.4 Å². The molecule has 0 spiro atoms. The van der Waals surface area contributed by atoms with Gasteiger partial charge in [0.1, 0.15) is 23.7 Å². The van der Waals surface area contributed by atoms with Gasteiger partial charge in [0.25, 0.3) is 11.8 Å². The molecular weight excluding hydrogens is 527 g/mol. The number of carbonyl (C=O) groups is 3. The summed E-state index contributed by atoms with van der Waals surface area (Å²) in [6.07, 6.45) is 1.43. The van der Waals surface area contributed by atoms with Crippen molar-refractivity contribution in [3.8, 4) is 5.75 Å². The Hall–Kier alpha value is -3.78. The highest BCUT2D eigenvalue weighted by Gasteiger charge is 2.37. The van der Waals surface area contributed by atoms with Crippen molar-refractivity contribution in [2.45, 2.75) is 32.8 Å². The van der Waals surface area contributed by atoms with Crippen LogP contribution in [0.1, 0.15) is 37.5 Å². The Morgan fingerprint density at radius 2 is 1.64 bits per heavy atom. The molecular formula is C28H24BrFN2O4. The molecule has 0 atom stereocenters. The quantitative estimate of drug-likeness (QED) is 0.306. The molecule has 184 valence electrons. The largest absolute Gasteiger partial charge is 0.488 e. The maximum atomic E-state index is 13.2. The van der Waals surface area contributed by atoms with Gasteiger partial charge in [-0.15, -0.1) is 0 Å². The van der Waals surface area contributed by atoms with Crippen molar-refractivity contribution in [3.63, 3.8) is 0 Å². The van der Waals surface area contributed by atoms with Gasteiger partial charge in [0.05, 0.1) is 10.2 Å². The molecule has 4 amide bonds. The highest BCUT2D eigenvalue weighted by atomic mass is 79.9. The molecule has 0 unspecified atom stereocenters. The molecule has 36 heavy (non-hydrogen) atoms. The lowest BCUT2D eigenvalue weighted by atomic mass is 9.87. The summed E-state index contributed by atoms with van der Waals surface area (Å²) in [5.41, 5.74) is 2.53. The third-order valence-corrected chi connectivity index (χ3v) is 6.29. The number of nitrogens with zero attached hydrogens (tertiary/aromatic N) is 1. The van der Waals surface area contributed by atoms with Crippen LogP contribution in [0.5, 0.6) is 5.75 Å². The molecule has 0 radical (unpaired) electrons. The Morgan fingerprint density at radius 3 is 2.25 bits per heavy atom. The molecule has 4 rings (SSSR count). The summed E-state index contributed by atoms with van der Waals surface area (Å²) < 4.78 is 19.5. The Kier molecular flexibility index (Phi) is 7.08. The summed E-state index contributed by atoms with van der Waals surface area (Å²) >= 11 is 3.44. The van der Waals surface area contributed by atoms with E-state index in [1.165, 1.54) is 18.2 Å². The smallest absolute Gasteiger partial charge is 0.335 e. The van der Waals surface area contributed by atoms with Crippen molar-refractivity contribution in [1.29, 1.82) is 0 Å².